The maximum atomic E-state index is 13.1. The Morgan fingerprint density at radius 2 is 1.80 bits per heavy atom. The van der Waals surface area contributed by atoms with Gasteiger partial charge in [0.05, 0.1) is 17.9 Å². The number of likely N-dealkylation sites (tertiary alicyclic amines) is 1. The van der Waals surface area contributed by atoms with Crippen LogP contribution in [0, 0.1) is 11.8 Å². The van der Waals surface area contributed by atoms with Crippen LogP contribution in [-0.2, 0) is 21.3 Å². The first-order valence-electron chi connectivity index (χ1n) is 17.2. The molecular weight excluding hydrogens is 682 g/mol. The van der Waals surface area contributed by atoms with Gasteiger partial charge in [-0.15, -0.1) is 5.10 Å². The molecule has 2 aliphatic rings. The highest BCUT2D eigenvalue weighted by Gasteiger charge is 2.42. The molecule has 2 amide bonds. The van der Waals surface area contributed by atoms with Gasteiger partial charge in [0.15, 0.2) is 10.8 Å². The molecule has 2 fully saturated rings. The molecule has 0 bridgehead atoms. The Labute approximate surface area is 299 Å². The Bertz CT molecular complexity index is 1770. The second-order valence-corrected chi connectivity index (χ2v) is 16.7. The fraction of sp³-hybridized carbons (Fsp3) is 0.571. The van der Waals surface area contributed by atoms with Crippen molar-refractivity contribution in [3.63, 3.8) is 0 Å². The van der Waals surface area contributed by atoms with Crippen molar-refractivity contribution in [1.29, 1.82) is 0 Å². The Kier molecular flexibility index (Phi) is 11.7. The van der Waals surface area contributed by atoms with Crippen molar-refractivity contribution in [1.82, 2.24) is 34.7 Å². The predicted molar refractivity (Wildman–Crippen MR) is 189 cm³/mol. The monoisotopic (exact) mass is 729 g/mol. The summed E-state index contributed by atoms with van der Waals surface area (Å²) in [4.78, 5) is 36.0. The molecule has 0 spiro atoms. The van der Waals surface area contributed by atoms with Crippen LogP contribution >= 0.6 is 11.6 Å². The molecule has 272 valence electrons. The van der Waals surface area contributed by atoms with Gasteiger partial charge in [0.1, 0.15) is 10.8 Å². The molecule has 2 N–H and O–H groups in total. The van der Waals surface area contributed by atoms with E-state index in [0.717, 1.165) is 19.3 Å². The standard InChI is InChI=1S/C35H48ClN7O6S/c1-34(2,3)49-33(45)42-23-25(21-35(42,4)5)15-18-37-22-26-11-8-12-30(38-26)50(46,47)41-32(44)27-13-14-28(39-31(27)36)43-19-16-29(40-43)48-20-17-24-9-6-7-10-24/h8,11-14,16,19,24-25,37H,6-7,9-10,15,17-18,20-23H2,1-5H3,(H,41,44)/t25-/m0/s1. The number of sulfonamides is 1. The minimum atomic E-state index is -4.31. The second kappa shape index (κ2) is 15.6. The average molecular weight is 730 g/mol. The Hall–Kier alpha value is -3.75. The van der Waals surface area contributed by atoms with E-state index in [1.54, 1.807) is 29.3 Å². The lowest BCUT2D eigenvalue weighted by molar-refractivity contribution is 0.0130. The first kappa shape index (κ1) is 37.5. The van der Waals surface area contributed by atoms with Crippen LogP contribution in [0.3, 0.4) is 0 Å². The van der Waals surface area contributed by atoms with E-state index in [9.17, 15) is 18.0 Å². The van der Waals surface area contributed by atoms with E-state index in [2.05, 4.69) is 20.4 Å². The largest absolute Gasteiger partial charge is 0.477 e. The molecule has 1 saturated heterocycles. The molecular formula is C35H48ClN7O6S. The van der Waals surface area contributed by atoms with Gasteiger partial charge in [-0.25, -0.2) is 24.2 Å². The SMILES string of the molecule is CC(C)(C)OC(=O)N1C[C@@H](CCNCc2cccc(S(=O)(=O)NC(=O)c3ccc(-n4ccc(OCCC5CCCC5)n4)nc3Cl)n2)CC1(C)C. The van der Waals surface area contributed by atoms with Crippen LogP contribution < -0.4 is 14.8 Å². The number of hydrogen-bond donors (Lipinski definition) is 2. The number of amides is 2. The number of aromatic nitrogens is 4. The first-order valence-corrected chi connectivity index (χ1v) is 19.1. The molecule has 4 heterocycles. The highest BCUT2D eigenvalue weighted by Crippen LogP contribution is 2.35. The lowest BCUT2D eigenvalue weighted by Crippen LogP contribution is -2.45. The molecule has 1 aliphatic heterocycles. The van der Waals surface area contributed by atoms with Gasteiger partial charge in [-0.05, 0) is 96.5 Å². The molecule has 0 unspecified atom stereocenters. The van der Waals surface area contributed by atoms with E-state index in [4.69, 9.17) is 21.1 Å². The van der Waals surface area contributed by atoms with Crippen LogP contribution in [0.25, 0.3) is 5.82 Å². The number of rotatable bonds is 13. The summed E-state index contributed by atoms with van der Waals surface area (Å²) in [6, 6.07) is 9.24. The second-order valence-electron chi connectivity index (χ2n) is 14.7. The molecule has 50 heavy (non-hydrogen) atoms. The van der Waals surface area contributed by atoms with Crippen molar-refractivity contribution in [2.24, 2.45) is 11.8 Å². The summed E-state index contributed by atoms with van der Waals surface area (Å²) < 4.78 is 41.2. The van der Waals surface area contributed by atoms with E-state index in [-0.39, 0.29) is 33.3 Å². The smallest absolute Gasteiger partial charge is 0.410 e. The Morgan fingerprint density at radius 1 is 1.04 bits per heavy atom. The number of carbonyl (C=O) groups excluding carboxylic acids is 2. The molecule has 1 atom stereocenters. The lowest BCUT2D eigenvalue weighted by atomic mass is 9.94. The van der Waals surface area contributed by atoms with Crippen LogP contribution in [0.5, 0.6) is 5.88 Å². The number of carbonyl (C=O) groups is 2. The third-order valence-electron chi connectivity index (χ3n) is 9.02. The molecule has 15 heteroatoms. The summed E-state index contributed by atoms with van der Waals surface area (Å²) in [6.45, 7) is 11.8. The zero-order chi connectivity index (χ0) is 36.1. The Morgan fingerprint density at radius 3 is 2.52 bits per heavy atom. The zero-order valence-corrected chi connectivity index (χ0v) is 31.0. The maximum Gasteiger partial charge on any atom is 0.410 e. The first-order chi connectivity index (χ1) is 23.6. The number of nitrogens with zero attached hydrogens (tertiary/aromatic N) is 5. The predicted octanol–water partition coefficient (Wildman–Crippen LogP) is 5.91. The molecule has 5 rings (SSSR count). The van der Waals surface area contributed by atoms with Crippen molar-refractivity contribution in [2.75, 3.05) is 19.7 Å². The molecule has 1 aliphatic carbocycles. The van der Waals surface area contributed by atoms with Gasteiger partial charge in [0.25, 0.3) is 15.9 Å². The normalized spacial score (nSPS) is 18.0. The maximum absolute atomic E-state index is 13.1. The van der Waals surface area contributed by atoms with Crippen LogP contribution in [0.2, 0.25) is 5.15 Å². The van der Waals surface area contributed by atoms with E-state index in [1.165, 1.54) is 48.6 Å². The fourth-order valence-corrected chi connectivity index (χ4v) is 7.73. The minimum absolute atomic E-state index is 0.114. The topological polar surface area (TPSA) is 158 Å². The van der Waals surface area contributed by atoms with Crippen LogP contribution in [0.4, 0.5) is 4.79 Å². The van der Waals surface area contributed by atoms with Gasteiger partial charge < -0.3 is 19.7 Å². The van der Waals surface area contributed by atoms with Crippen LogP contribution in [0.1, 0.15) is 95.6 Å². The summed E-state index contributed by atoms with van der Waals surface area (Å²) in [5.74, 6) is 0.874. The van der Waals surface area contributed by atoms with Gasteiger partial charge in [-0.2, -0.15) is 8.42 Å². The minimum Gasteiger partial charge on any atom is -0.477 e. The summed E-state index contributed by atoms with van der Waals surface area (Å²) in [5, 5.41) is 7.22. The number of nitrogens with one attached hydrogen (secondary N) is 2. The van der Waals surface area contributed by atoms with Gasteiger partial charge >= 0.3 is 6.09 Å². The molecule has 0 radical (unpaired) electrons. The van der Waals surface area contributed by atoms with Crippen molar-refractivity contribution < 1.29 is 27.5 Å². The Balaban J connectivity index is 1.11. The number of ether oxygens (including phenoxy) is 2. The van der Waals surface area contributed by atoms with Gasteiger partial charge in [0.2, 0.25) is 5.88 Å². The highest BCUT2D eigenvalue weighted by atomic mass is 35.5. The van der Waals surface area contributed by atoms with E-state index < -0.39 is 21.5 Å². The van der Waals surface area contributed by atoms with Crippen molar-refractivity contribution in [3.05, 3.63) is 59.0 Å². The van der Waals surface area contributed by atoms with Crippen LogP contribution in [0.15, 0.2) is 47.6 Å². The third kappa shape index (κ3) is 9.94. The third-order valence-corrected chi connectivity index (χ3v) is 10.5. The average Bonchev–Trinajstić information content (AvgIpc) is 3.79. The molecule has 1 saturated carbocycles. The van der Waals surface area contributed by atoms with E-state index >= 15 is 0 Å². The van der Waals surface area contributed by atoms with Crippen molar-refractivity contribution in [3.8, 4) is 11.7 Å². The molecule has 13 nitrogen and oxygen atoms in total. The van der Waals surface area contributed by atoms with Crippen molar-refractivity contribution >= 4 is 33.6 Å². The number of hydrogen-bond acceptors (Lipinski definition) is 10. The van der Waals surface area contributed by atoms with Crippen molar-refractivity contribution in [2.45, 2.75) is 102 Å². The summed E-state index contributed by atoms with van der Waals surface area (Å²) in [6.07, 6.45) is 9.12. The van der Waals surface area contributed by atoms with Crippen LogP contribution in [-0.4, -0.2) is 75.9 Å². The van der Waals surface area contributed by atoms with Gasteiger partial charge in [-0.3, -0.25) is 4.79 Å². The lowest BCUT2D eigenvalue weighted by Gasteiger charge is -2.33. The van der Waals surface area contributed by atoms with Gasteiger partial charge in [0, 0.05) is 30.9 Å². The fourth-order valence-electron chi connectivity index (χ4n) is 6.54. The van der Waals surface area contributed by atoms with E-state index in [1.807, 2.05) is 39.3 Å². The number of pyridine rings is 2. The molecule has 3 aromatic rings. The molecule has 0 aromatic carbocycles. The number of halogens is 1. The quantitative estimate of drug-likeness (QED) is 0.160. The molecule has 3 aromatic heterocycles. The summed E-state index contributed by atoms with van der Waals surface area (Å²) in [7, 11) is -4.31. The highest BCUT2D eigenvalue weighted by molar-refractivity contribution is 7.90. The van der Waals surface area contributed by atoms with E-state index in [0.29, 0.717) is 49.6 Å². The summed E-state index contributed by atoms with van der Waals surface area (Å²) >= 11 is 6.33. The zero-order valence-electron chi connectivity index (χ0n) is 29.4. The summed E-state index contributed by atoms with van der Waals surface area (Å²) in [5.41, 5.74) is -0.489. The van der Waals surface area contributed by atoms with Gasteiger partial charge in [-0.1, -0.05) is 43.4 Å².